The van der Waals surface area contributed by atoms with Crippen molar-refractivity contribution in [2.45, 2.75) is 19.4 Å². The molecule has 1 aliphatic rings. The molecule has 0 aliphatic carbocycles. The molecule has 7 nitrogen and oxygen atoms in total. The highest BCUT2D eigenvalue weighted by Gasteiger charge is 2.29. The average molecular weight is 381 g/mol. The number of carbonyl (C=O) groups excluding carboxylic acids is 1. The molecule has 1 fully saturated rings. The van der Waals surface area contributed by atoms with Crippen LogP contribution in [0.1, 0.15) is 22.5 Å². The molecule has 1 aliphatic heterocycles. The molecule has 2 aromatic rings. The zero-order valence-corrected chi connectivity index (χ0v) is 15.1. The van der Waals surface area contributed by atoms with Crippen LogP contribution in [0, 0.1) is 6.92 Å². The van der Waals surface area contributed by atoms with Crippen LogP contribution in [0.5, 0.6) is 0 Å². The number of aromatic nitrogens is 2. The molecule has 1 aromatic heterocycles. The van der Waals surface area contributed by atoms with Crippen LogP contribution in [0.3, 0.4) is 0 Å². The van der Waals surface area contributed by atoms with Crippen molar-refractivity contribution in [3.8, 4) is 0 Å². The number of hydrogen-bond acceptors (Lipinski definition) is 6. The van der Waals surface area contributed by atoms with Crippen molar-refractivity contribution in [2.75, 3.05) is 16.8 Å². The lowest BCUT2D eigenvalue weighted by Gasteiger charge is -2.11. The van der Waals surface area contributed by atoms with Gasteiger partial charge in [0.1, 0.15) is 11.5 Å². The largest absolute Gasteiger partial charge is 0.347 e. The standard InChI is InChI=1S/C16H17ClN4O3S/c1-10-2-3-11(17)6-13(10)21-15-8-18-14(7-19-15)16(22)20-12-4-5-25(23,24)9-12/h2-3,6-8,12H,4-5,9H2,1H3,(H,19,21)(H,20,22). The summed E-state index contributed by atoms with van der Waals surface area (Å²) in [6, 6.07) is 5.09. The predicted molar refractivity (Wildman–Crippen MR) is 96.0 cm³/mol. The minimum absolute atomic E-state index is 0.0279. The van der Waals surface area contributed by atoms with Crippen LogP contribution in [-0.2, 0) is 9.84 Å². The van der Waals surface area contributed by atoms with Crippen molar-refractivity contribution in [2.24, 2.45) is 0 Å². The third kappa shape index (κ3) is 4.46. The molecule has 1 saturated heterocycles. The third-order valence-corrected chi connectivity index (χ3v) is 5.92. The summed E-state index contributed by atoms with van der Waals surface area (Å²) in [4.78, 5) is 20.4. The van der Waals surface area contributed by atoms with E-state index in [1.807, 2.05) is 13.0 Å². The fraction of sp³-hybridized carbons (Fsp3) is 0.312. The Bertz CT molecular complexity index is 900. The van der Waals surface area contributed by atoms with Crippen LogP contribution in [0.2, 0.25) is 5.02 Å². The number of carbonyl (C=O) groups is 1. The van der Waals surface area contributed by atoms with Gasteiger partial charge in [-0.15, -0.1) is 0 Å². The maximum atomic E-state index is 12.1. The van der Waals surface area contributed by atoms with Gasteiger partial charge in [-0.3, -0.25) is 4.79 Å². The fourth-order valence-corrected chi connectivity index (χ4v) is 4.39. The SMILES string of the molecule is Cc1ccc(Cl)cc1Nc1cnc(C(=O)NC2CCS(=O)(=O)C2)cn1. The first-order chi connectivity index (χ1) is 11.8. The third-order valence-electron chi connectivity index (χ3n) is 3.91. The molecular formula is C16H17ClN4O3S. The first-order valence-electron chi connectivity index (χ1n) is 7.69. The van der Waals surface area contributed by atoms with Crippen molar-refractivity contribution < 1.29 is 13.2 Å². The summed E-state index contributed by atoms with van der Waals surface area (Å²) >= 11 is 5.98. The van der Waals surface area contributed by atoms with Gasteiger partial charge in [0, 0.05) is 16.8 Å². The van der Waals surface area contributed by atoms with Crippen LogP contribution < -0.4 is 10.6 Å². The Labute approximate surface area is 150 Å². The van der Waals surface area contributed by atoms with E-state index in [1.54, 1.807) is 12.1 Å². The normalized spacial score (nSPS) is 18.7. The summed E-state index contributed by atoms with van der Waals surface area (Å²) in [6.45, 7) is 1.93. The van der Waals surface area contributed by atoms with Gasteiger partial charge in [-0.2, -0.15) is 0 Å². The number of nitrogens with one attached hydrogen (secondary N) is 2. The van der Waals surface area contributed by atoms with Crippen LogP contribution in [0.4, 0.5) is 11.5 Å². The molecule has 9 heteroatoms. The van der Waals surface area contributed by atoms with Crippen molar-refractivity contribution in [3.63, 3.8) is 0 Å². The van der Waals surface area contributed by atoms with Gasteiger partial charge in [0.2, 0.25) is 0 Å². The van der Waals surface area contributed by atoms with Crippen LogP contribution in [0.15, 0.2) is 30.6 Å². The van der Waals surface area contributed by atoms with E-state index in [1.165, 1.54) is 12.4 Å². The van der Waals surface area contributed by atoms with Crippen LogP contribution in [0.25, 0.3) is 0 Å². The minimum Gasteiger partial charge on any atom is -0.347 e. The van der Waals surface area contributed by atoms with Crippen molar-refractivity contribution in [1.29, 1.82) is 0 Å². The van der Waals surface area contributed by atoms with Crippen LogP contribution >= 0.6 is 11.6 Å². The number of anilines is 2. The van der Waals surface area contributed by atoms with Gasteiger partial charge >= 0.3 is 0 Å². The van der Waals surface area contributed by atoms with E-state index in [0.717, 1.165) is 11.3 Å². The van der Waals surface area contributed by atoms with E-state index in [4.69, 9.17) is 11.6 Å². The summed E-state index contributed by atoms with van der Waals surface area (Å²) in [5, 5.41) is 6.37. The van der Waals surface area contributed by atoms with E-state index in [-0.39, 0.29) is 23.2 Å². The van der Waals surface area contributed by atoms with Gasteiger partial charge in [0.25, 0.3) is 5.91 Å². The zero-order valence-electron chi connectivity index (χ0n) is 13.5. The second-order valence-corrected chi connectivity index (χ2v) is 8.61. The van der Waals surface area contributed by atoms with Gasteiger partial charge in [-0.1, -0.05) is 17.7 Å². The van der Waals surface area contributed by atoms with Gasteiger partial charge in [0.05, 0.1) is 23.9 Å². The number of aryl methyl sites for hydroxylation is 1. The number of hydrogen-bond donors (Lipinski definition) is 2. The molecule has 2 N–H and O–H groups in total. The summed E-state index contributed by atoms with van der Waals surface area (Å²) < 4.78 is 22.9. The minimum atomic E-state index is -3.04. The quantitative estimate of drug-likeness (QED) is 0.842. The number of benzene rings is 1. The Morgan fingerprint density at radius 2 is 2.08 bits per heavy atom. The fourth-order valence-electron chi connectivity index (χ4n) is 2.54. The summed E-state index contributed by atoms with van der Waals surface area (Å²) in [5.74, 6) is 0.121. The lowest BCUT2D eigenvalue weighted by atomic mass is 10.2. The number of rotatable bonds is 4. The molecule has 0 bridgehead atoms. The molecule has 1 unspecified atom stereocenters. The Balaban J connectivity index is 1.65. The summed E-state index contributed by atoms with van der Waals surface area (Å²) in [6.07, 6.45) is 3.22. The maximum Gasteiger partial charge on any atom is 0.271 e. The molecule has 132 valence electrons. The second-order valence-electron chi connectivity index (χ2n) is 5.94. The van der Waals surface area contributed by atoms with Gasteiger partial charge in [0.15, 0.2) is 9.84 Å². The molecule has 1 atom stereocenters. The van der Waals surface area contributed by atoms with Gasteiger partial charge in [-0.05, 0) is 31.0 Å². The second kappa shape index (κ2) is 6.97. The molecular weight excluding hydrogens is 364 g/mol. The molecule has 0 radical (unpaired) electrons. The highest BCUT2D eigenvalue weighted by Crippen LogP contribution is 2.23. The van der Waals surface area contributed by atoms with E-state index in [2.05, 4.69) is 20.6 Å². The van der Waals surface area contributed by atoms with Gasteiger partial charge < -0.3 is 10.6 Å². The average Bonchev–Trinajstić information content (AvgIpc) is 2.90. The van der Waals surface area contributed by atoms with E-state index >= 15 is 0 Å². The van der Waals surface area contributed by atoms with Crippen molar-refractivity contribution in [3.05, 3.63) is 46.9 Å². The zero-order chi connectivity index (χ0) is 18.0. The topological polar surface area (TPSA) is 101 Å². The maximum absolute atomic E-state index is 12.1. The number of amides is 1. The molecule has 3 rings (SSSR count). The number of halogens is 1. The molecule has 0 spiro atoms. The van der Waals surface area contributed by atoms with E-state index in [0.29, 0.717) is 17.3 Å². The monoisotopic (exact) mass is 380 g/mol. The highest BCUT2D eigenvalue weighted by molar-refractivity contribution is 7.91. The Kier molecular flexibility index (Phi) is 4.91. The Morgan fingerprint density at radius 3 is 2.72 bits per heavy atom. The van der Waals surface area contributed by atoms with Gasteiger partial charge in [-0.25, -0.2) is 18.4 Å². The molecule has 1 aromatic carbocycles. The van der Waals surface area contributed by atoms with E-state index in [9.17, 15) is 13.2 Å². The molecule has 1 amide bonds. The Morgan fingerprint density at radius 1 is 1.28 bits per heavy atom. The first kappa shape index (κ1) is 17.6. The van der Waals surface area contributed by atoms with E-state index < -0.39 is 15.7 Å². The molecule has 0 saturated carbocycles. The van der Waals surface area contributed by atoms with Crippen LogP contribution in [-0.4, -0.2) is 41.8 Å². The van der Waals surface area contributed by atoms with Crippen molar-refractivity contribution in [1.82, 2.24) is 15.3 Å². The number of sulfone groups is 1. The summed E-state index contributed by atoms with van der Waals surface area (Å²) in [5.41, 5.74) is 1.93. The number of nitrogens with zero attached hydrogens (tertiary/aromatic N) is 2. The molecule has 25 heavy (non-hydrogen) atoms. The first-order valence-corrected chi connectivity index (χ1v) is 9.89. The lowest BCUT2D eigenvalue weighted by molar-refractivity contribution is 0.0935. The van der Waals surface area contributed by atoms with Crippen molar-refractivity contribution >= 4 is 38.9 Å². The lowest BCUT2D eigenvalue weighted by Crippen LogP contribution is -2.36. The predicted octanol–water partition coefficient (Wildman–Crippen LogP) is 2.10. The molecule has 2 heterocycles. The highest BCUT2D eigenvalue weighted by atomic mass is 35.5. The Hall–Kier alpha value is -2.19. The summed E-state index contributed by atoms with van der Waals surface area (Å²) in [7, 11) is -3.04. The smallest absolute Gasteiger partial charge is 0.271 e.